The maximum Gasteiger partial charge on any atom is 0.183 e. The van der Waals surface area contributed by atoms with Crippen molar-refractivity contribution in [2.45, 2.75) is 49.1 Å². The van der Waals surface area contributed by atoms with Crippen LogP contribution in [0.1, 0.15) is 42.4 Å². The van der Waals surface area contributed by atoms with Gasteiger partial charge in [0.15, 0.2) is 5.60 Å². The molecule has 2 fully saturated rings. The summed E-state index contributed by atoms with van der Waals surface area (Å²) in [6.07, 6.45) is 7.16. The zero-order valence-electron chi connectivity index (χ0n) is 17.6. The van der Waals surface area contributed by atoms with Gasteiger partial charge in [0, 0.05) is 16.7 Å². The van der Waals surface area contributed by atoms with E-state index in [0.717, 1.165) is 36.0 Å². The first-order valence-corrected chi connectivity index (χ1v) is 11.1. The van der Waals surface area contributed by atoms with Crippen LogP contribution in [0.2, 0.25) is 0 Å². The minimum atomic E-state index is -0.825. The summed E-state index contributed by atoms with van der Waals surface area (Å²) >= 11 is 0. The monoisotopic (exact) mass is 412 g/mol. The maximum absolute atomic E-state index is 10.9. The molecule has 3 atom stereocenters. The van der Waals surface area contributed by atoms with Gasteiger partial charge in [-0.15, -0.1) is 0 Å². The Labute approximate surface area is 184 Å². The number of benzene rings is 3. The Morgan fingerprint density at radius 3 is 1.84 bits per heavy atom. The zero-order valence-corrected chi connectivity index (χ0v) is 17.6. The molecular weight excluding hydrogens is 384 g/mol. The van der Waals surface area contributed by atoms with Crippen LogP contribution in [0, 0.1) is 0 Å². The summed E-state index contributed by atoms with van der Waals surface area (Å²) in [6.45, 7) is 0. The Balaban J connectivity index is 1.54. The minimum Gasteiger partial charge on any atom is -0.481 e. The number of aliphatic hydroxyl groups is 1. The summed E-state index contributed by atoms with van der Waals surface area (Å²) in [5.41, 5.74) is 1.86. The Morgan fingerprint density at radius 2 is 1.35 bits per heavy atom. The van der Waals surface area contributed by atoms with Crippen molar-refractivity contribution in [1.29, 1.82) is 0 Å². The molecular formula is C28H28O3. The lowest BCUT2D eigenvalue weighted by Gasteiger charge is -2.35. The average Bonchev–Trinajstić information content (AvgIpc) is 3.60. The van der Waals surface area contributed by atoms with Gasteiger partial charge in [-0.05, 0) is 18.9 Å². The van der Waals surface area contributed by atoms with Crippen molar-refractivity contribution in [3.63, 3.8) is 0 Å². The van der Waals surface area contributed by atoms with Crippen molar-refractivity contribution in [2.24, 2.45) is 0 Å². The minimum absolute atomic E-state index is 0.183. The number of hydrogen-bond donors (Lipinski definition) is 1. The largest absolute Gasteiger partial charge is 0.481 e. The van der Waals surface area contributed by atoms with Crippen LogP contribution in [0.15, 0.2) is 103 Å². The number of fused-ring (bicyclic) bond motifs is 1. The van der Waals surface area contributed by atoms with Crippen LogP contribution in [0.4, 0.5) is 0 Å². The smallest absolute Gasteiger partial charge is 0.183 e. The molecule has 1 N–H and O–H groups in total. The Hall–Kier alpha value is -2.88. The molecule has 0 radical (unpaired) electrons. The summed E-state index contributed by atoms with van der Waals surface area (Å²) in [5, 5.41) is 10.9. The van der Waals surface area contributed by atoms with E-state index in [1.165, 1.54) is 6.42 Å². The van der Waals surface area contributed by atoms with E-state index in [9.17, 15) is 5.11 Å². The number of hydrogen-bond acceptors (Lipinski definition) is 3. The molecule has 1 saturated carbocycles. The highest BCUT2D eigenvalue weighted by Gasteiger charge is 2.61. The summed E-state index contributed by atoms with van der Waals surface area (Å²) in [6, 6.07) is 30.7. The second kappa shape index (κ2) is 8.33. The molecule has 0 bridgehead atoms. The fourth-order valence-corrected chi connectivity index (χ4v) is 4.99. The first-order chi connectivity index (χ1) is 15.3. The van der Waals surface area contributed by atoms with Gasteiger partial charge >= 0.3 is 0 Å². The number of epoxide rings is 1. The van der Waals surface area contributed by atoms with Crippen LogP contribution >= 0.6 is 0 Å². The Morgan fingerprint density at radius 1 is 0.839 bits per heavy atom. The molecule has 1 heterocycles. The van der Waals surface area contributed by atoms with E-state index < -0.39 is 17.3 Å². The highest BCUT2D eigenvalue weighted by molar-refractivity contribution is 5.47. The third-order valence-electron chi connectivity index (χ3n) is 6.68. The molecule has 3 aromatic rings. The van der Waals surface area contributed by atoms with Crippen molar-refractivity contribution < 1.29 is 14.6 Å². The average molecular weight is 413 g/mol. The predicted molar refractivity (Wildman–Crippen MR) is 122 cm³/mol. The molecule has 1 saturated heterocycles. The summed E-state index contributed by atoms with van der Waals surface area (Å²) in [4.78, 5) is 0. The van der Waals surface area contributed by atoms with Gasteiger partial charge < -0.3 is 14.6 Å². The van der Waals surface area contributed by atoms with Crippen molar-refractivity contribution in [3.05, 3.63) is 120 Å². The predicted octanol–water partition coefficient (Wildman–Crippen LogP) is 5.58. The van der Waals surface area contributed by atoms with Crippen molar-refractivity contribution in [1.82, 2.24) is 0 Å². The second-order valence-corrected chi connectivity index (χ2v) is 8.48. The summed E-state index contributed by atoms with van der Waals surface area (Å²) < 4.78 is 12.5. The molecule has 3 nitrogen and oxygen atoms in total. The van der Waals surface area contributed by atoms with Crippen molar-refractivity contribution in [2.75, 3.05) is 0 Å². The van der Waals surface area contributed by atoms with E-state index in [2.05, 4.69) is 36.4 Å². The molecule has 3 heteroatoms. The van der Waals surface area contributed by atoms with Gasteiger partial charge in [0.2, 0.25) is 0 Å². The molecule has 0 spiro atoms. The van der Waals surface area contributed by atoms with E-state index >= 15 is 0 Å². The third-order valence-corrected chi connectivity index (χ3v) is 6.68. The van der Waals surface area contributed by atoms with Gasteiger partial charge in [0.05, 0.1) is 12.4 Å². The lowest BCUT2D eigenvalue weighted by molar-refractivity contribution is 0.0799. The molecule has 3 aromatic carbocycles. The van der Waals surface area contributed by atoms with Gasteiger partial charge in [-0.3, -0.25) is 0 Å². The van der Waals surface area contributed by atoms with E-state index in [0.29, 0.717) is 0 Å². The Bertz CT molecular complexity index is 919. The molecule has 31 heavy (non-hydrogen) atoms. The van der Waals surface area contributed by atoms with Crippen LogP contribution in [-0.4, -0.2) is 22.9 Å². The molecule has 1 aliphatic heterocycles. The Kier molecular flexibility index (Phi) is 5.39. The van der Waals surface area contributed by atoms with Crippen molar-refractivity contribution >= 4 is 0 Å². The second-order valence-electron chi connectivity index (χ2n) is 8.48. The lowest BCUT2D eigenvalue weighted by atomic mass is 9.80. The van der Waals surface area contributed by atoms with Crippen LogP contribution < -0.4 is 0 Å². The van der Waals surface area contributed by atoms with E-state index in [1.54, 1.807) is 12.3 Å². The quantitative estimate of drug-likeness (QED) is 0.313. The molecule has 0 amide bonds. The molecule has 0 unspecified atom stereocenters. The standard InChI is InChI=1S/C28H28O3/c29-25(27-20-11-10-18-26(27)31-27)19-21-30-28(22-12-4-1-5-13-22,23-14-6-2-7-15-23)24-16-8-3-9-17-24/h1-9,12-17,19,21,25-26,29H,10-11,18,20H2/b21-19+/t25-,26-,27-/m0/s1. The topological polar surface area (TPSA) is 42.0 Å². The SMILES string of the molecule is O[C@@H](/C=C/OC(c1ccccc1)(c1ccccc1)c1ccccc1)[C@@]12CCCC[C@@H]1O2. The number of rotatable bonds is 7. The van der Waals surface area contributed by atoms with E-state index in [1.807, 2.05) is 54.6 Å². The van der Waals surface area contributed by atoms with Gasteiger partial charge in [-0.2, -0.15) is 0 Å². The van der Waals surface area contributed by atoms with E-state index in [4.69, 9.17) is 9.47 Å². The molecule has 1 aliphatic carbocycles. The fourth-order valence-electron chi connectivity index (χ4n) is 4.99. The first kappa shape index (κ1) is 20.0. The highest BCUT2D eigenvalue weighted by atomic mass is 16.6. The van der Waals surface area contributed by atoms with Crippen LogP contribution in [0.25, 0.3) is 0 Å². The highest BCUT2D eigenvalue weighted by Crippen LogP contribution is 2.50. The fraction of sp³-hybridized carbons (Fsp3) is 0.286. The molecule has 0 aromatic heterocycles. The molecule has 5 rings (SSSR count). The number of aliphatic hydroxyl groups excluding tert-OH is 1. The molecule has 158 valence electrons. The lowest BCUT2D eigenvalue weighted by Crippen LogP contribution is -2.34. The van der Waals surface area contributed by atoms with Crippen molar-refractivity contribution in [3.8, 4) is 0 Å². The summed E-state index contributed by atoms with van der Waals surface area (Å²) in [7, 11) is 0. The van der Waals surface area contributed by atoms with Gasteiger partial charge in [0.1, 0.15) is 11.7 Å². The normalized spacial score (nSPS) is 23.8. The van der Waals surface area contributed by atoms with E-state index in [-0.39, 0.29) is 6.10 Å². The van der Waals surface area contributed by atoms with Crippen LogP contribution in [-0.2, 0) is 15.1 Å². The van der Waals surface area contributed by atoms with Gasteiger partial charge in [-0.1, -0.05) is 104 Å². The molecule has 2 aliphatic rings. The van der Waals surface area contributed by atoms with Gasteiger partial charge in [-0.25, -0.2) is 0 Å². The third kappa shape index (κ3) is 3.58. The zero-order chi connectivity index (χ0) is 21.2. The van der Waals surface area contributed by atoms with Gasteiger partial charge in [0.25, 0.3) is 0 Å². The van der Waals surface area contributed by atoms with Crippen LogP contribution in [0.5, 0.6) is 0 Å². The maximum atomic E-state index is 10.9. The van der Waals surface area contributed by atoms with Crippen LogP contribution in [0.3, 0.4) is 0 Å². The number of ether oxygens (including phenoxy) is 2. The summed E-state index contributed by atoms with van der Waals surface area (Å²) in [5.74, 6) is 0. The first-order valence-electron chi connectivity index (χ1n) is 11.1.